The quantitative estimate of drug-likeness (QED) is 0.778. The fourth-order valence-corrected chi connectivity index (χ4v) is 1.99. The predicted octanol–water partition coefficient (Wildman–Crippen LogP) is 2.22. The summed E-state index contributed by atoms with van der Waals surface area (Å²) < 4.78 is 10.4. The van der Waals surface area contributed by atoms with E-state index in [1.807, 2.05) is 30.3 Å². The monoisotopic (exact) mass is 259 g/mol. The third-order valence-corrected chi connectivity index (χ3v) is 2.83. The van der Waals surface area contributed by atoms with E-state index in [4.69, 9.17) is 9.47 Å². The number of ether oxygens (including phenoxy) is 2. The molecule has 0 unspecified atom stereocenters. The fourth-order valence-electron chi connectivity index (χ4n) is 1.99. The zero-order valence-electron chi connectivity index (χ0n) is 10.7. The van der Waals surface area contributed by atoms with Crippen LogP contribution < -0.4 is 0 Å². The highest BCUT2D eigenvalue weighted by Gasteiger charge is 2.34. The molecule has 19 heavy (non-hydrogen) atoms. The summed E-state index contributed by atoms with van der Waals surface area (Å²) in [5.41, 5.74) is 0.875. The van der Waals surface area contributed by atoms with Crippen LogP contribution in [0.3, 0.4) is 0 Å². The maximum atomic E-state index is 11.3. The van der Waals surface area contributed by atoms with Gasteiger partial charge in [-0.2, -0.15) is 0 Å². The molecule has 0 saturated carbocycles. The van der Waals surface area contributed by atoms with Gasteiger partial charge < -0.3 is 9.47 Å². The lowest BCUT2D eigenvalue weighted by molar-refractivity contribution is -0.149. The summed E-state index contributed by atoms with van der Waals surface area (Å²) in [6, 6.07) is 9.38. The molecule has 0 N–H and O–H groups in total. The molecule has 0 spiro atoms. The van der Waals surface area contributed by atoms with Gasteiger partial charge >= 0.3 is 11.9 Å². The molecular formula is C15H15O4. The average molecular weight is 259 g/mol. The van der Waals surface area contributed by atoms with Crippen molar-refractivity contribution in [3.63, 3.8) is 0 Å². The van der Waals surface area contributed by atoms with Crippen molar-refractivity contribution in [2.75, 3.05) is 0 Å². The number of esters is 2. The van der Waals surface area contributed by atoms with Crippen LogP contribution in [0.1, 0.15) is 25.0 Å². The first kappa shape index (κ1) is 13.6. The van der Waals surface area contributed by atoms with Gasteiger partial charge in [0.1, 0.15) is 12.2 Å². The smallest absolute Gasteiger partial charge is 0.313 e. The Bertz CT molecular complexity index is 454. The molecule has 0 amide bonds. The van der Waals surface area contributed by atoms with Crippen molar-refractivity contribution in [1.29, 1.82) is 0 Å². The number of benzene rings is 1. The van der Waals surface area contributed by atoms with E-state index in [-0.39, 0.29) is 5.97 Å². The Morgan fingerprint density at radius 3 is 2.63 bits per heavy atom. The van der Waals surface area contributed by atoms with Crippen LogP contribution in [-0.4, -0.2) is 18.0 Å². The summed E-state index contributed by atoms with van der Waals surface area (Å²) >= 11 is 0. The molecule has 4 heteroatoms. The second-order valence-electron chi connectivity index (χ2n) is 4.38. The normalized spacial score (nSPS) is 20.9. The zero-order chi connectivity index (χ0) is 13.8. The molecule has 1 heterocycles. The zero-order valence-corrected chi connectivity index (χ0v) is 10.7. The van der Waals surface area contributed by atoms with Gasteiger partial charge in [-0.05, 0) is 12.5 Å². The molecule has 4 nitrogen and oxygen atoms in total. The topological polar surface area (TPSA) is 52.6 Å². The Morgan fingerprint density at radius 1 is 1.42 bits per heavy atom. The van der Waals surface area contributed by atoms with Crippen molar-refractivity contribution in [3.05, 3.63) is 55.2 Å². The Balaban J connectivity index is 2.07. The van der Waals surface area contributed by atoms with Crippen molar-refractivity contribution in [2.24, 2.45) is 0 Å². The third kappa shape index (κ3) is 3.56. The van der Waals surface area contributed by atoms with Crippen molar-refractivity contribution in [3.8, 4) is 0 Å². The van der Waals surface area contributed by atoms with Gasteiger partial charge in [0, 0.05) is 19.8 Å². The molecule has 1 fully saturated rings. The first-order chi connectivity index (χ1) is 9.06. The van der Waals surface area contributed by atoms with Gasteiger partial charge in [-0.15, -0.1) is 0 Å². The Labute approximate surface area is 112 Å². The maximum absolute atomic E-state index is 11.3. The summed E-state index contributed by atoms with van der Waals surface area (Å²) in [6.45, 7) is 4.95. The molecular weight excluding hydrogens is 244 g/mol. The number of hydrogen-bond donors (Lipinski definition) is 0. The Kier molecular flexibility index (Phi) is 4.20. The highest BCUT2D eigenvalue weighted by atomic mass is 16.6. The van der Waals surface area contributed by atoms with E-state index >= 15 is 0 Å². The minimum absolute atomic E-state index is 0.347. The van der Waals surface area contributed by atoms with E-state index in [0.717, 1.165) is 5.56 Å². The van der Waals surface area contributed by atoms with Crippen LogP contribution in [-0.2, 0) is 19.1 Å². The highest BCUT2D eigenvalue weighted by Crippen LogP contribution is 2.30. The Morgan fingerprint density at radius 2 is 2.11 bits per heavy atom. The van der Waals surface area contributed by atoms with Gasteiger partial charge in [-0.25, -0.2) is 0 Å². The van der Waals surface area contributed by atoms with Gasteiger partial charge in [-0.1, -0.05) is 30.3 Å². The first-order valence-corrected chi connectivity index (χ1v) is 6.03. The first-order valence-electron chi connectivity index (χ1n) is 6.03. The third-order valence-electron chi connectivity index (χ3n) is 2.83. The van der Waals surface area contributed by atoms with Crippen LogP contribution in [0.15, 0.2) is 30.3 Å². The number of hydrogen-bond acceptors (Lipinski definition) is 4. The number of carbonyl (C=O) groups is 2. The van der Waals surface area contributed by atoms with Gasteiger partial charge in [0.25, 0.3) is 0 Å². The van der Waals surface area contributed by atoms with Crippen LogP contribution in [0.2, 0.25) is 0 Å². The number of rotatable bonds is 4. The second-order valence-corrected chi connectivity index (χ2v) is 4.38. The Hall–Kier alpha value is -1.84. The molecule has 0 bridgehead atoms. The predicted molar refractivity (Wildman–Crippen MR) is 68.3 cm³/mol. The molecule has 1 aromatic rings. The lowest BCUT2D eigenvalue weighted by atomic mass is 9.99. The van der Waals surface area contributed by atoms with Gasteiger partial charge in [-0.3, -0.25) is 9.59 Å². The maximum Gasteiger partial charge on any atom is 0.313 e. The van der Waals surface area contributed by atoms with Crippen LogP contribution in [0, 0.1) is 19.3 Å². The van der Waals surface area contributed by atoms with Crippen molar-refractivity contribution < 1.29 is 19.1 Å². The summed E-state index contributed by atoms with van der Waals surface area (Å²) in [5.74, 6) is -0.434. The average Bonchev–Trinajstić information content (AvgIpc) is 2.68. The van der Waals surface area contributed by atoms with Gasteiger partial charge in [0.15, 0.2) is 0 Å². The summed E-state index contributed by atoms with van der Waals surface area (Å²) in [4.78, 5) is 22.4. The summed E-state index contributed by atoms with van der Waals surface area (Å²) in [6.07, 6.45) is 1.22. The van der Waals surface area contributed by atoms with Crippen LogP contribution >= 0.6 is 0 Å². The molecule has 99 valence electrons. The van der Waals surface area contributed by atoms with Crippen molar-refractivity contribution in [1.82, 2.24) is 0 Å². The molecule has 2 rings (SSSR count). The lowest BCUT2D eigenvalue weighted by Crippen LogP contribution is -2.17. The molecule has 0 aromatic heterocycles. The summed E-state index contributed by atoms with van der Waals surface area (Å²) in [5, 5.41) is 0. The van der Waals surface area contributed by atoms with Gasteiger partial charge in [0.2, 0.25) is 0 Å². The standard InChI is InChI=1S/C15H15O4/c1-10-8-13(19-15(10)17)9-14(18-11(2)16)12-6-4-3-5-7-12/h3-8,13-14H,1,9H2,2H3/t13-,14+/m0/s1. The van der Waals surface area contributed by atoms with E-state index in [2.05, 4.69) is 6.92 Å². The SMILES string of the molecule is [CH2][C]1[CH][C@@H](C[C@@H](OC(C)=O)c2ccccc2)OC1=O. The van der Waals surface area contributed by atoms with Crippen LogP contribution in [0.25, 0.3) is 0 Å². The molecule has 1 saturated heterocycles. The number of carbonyl (C=O) groups excluding carboxylic acids is 2. The molecule has 1 aromatic carbocycles. The number of cyclic esters (lactones) is 1. The van der Waals surface area contributed by atoms with E-state index in [9.17, 15) is 9.59 Å². The second kappa shape index (κ2) is 5.87. The summed E-state index contributed by atoms with van der Waals surface area (Å²) in [7, 11) is 0. The molecule has 3 radical (unpaired) electrons. The minimum Gasteiger partial charge on any atom is -0.461 e. The van der Waals surface area contributed by atoms with Crippen LogP contribution in [0.5, 0.6) is 0 Å². The van der Waals surface area contributed by atoms with E-state index in [1.165, 1.54) is 6.92 Å². The molecule has 1 aliphatic heterocycles. The highest BCUT2D eigenvalue weighted by molar-refractivity contribution is 5.90. The largest absolute Gasteiger partial charge is 0.461 e. The van der Waals surface area contributed by atoms with Crippen LogP contribution in [0.4, 0.5) is 0 Å². The van der Waals surface area contributed by atoms with E-state index < -0.39 is 18.2 Å². The minimum atomic E-state index is -0.432. The van der Waals surface area contributed by atoms with E-state index in [0.29, 0.717) is 12.3 Å². The molecule has 0 aliphatic carbocycles. The molecule has 1 aliphatic rings. The lowest BCUT2D eigenvalue weighted by Gasteiger charge is -2.20. The van der Waals surface area contributed by atoms with Crippen molar-refractivity contribution >= 4 is 11.9 Å². The molecule has 2 atom stereocenters. The van der Waals surface area contributed by atoms with E-state index in [1.54, 1.807) is 6.42 Å². The van der Waals surface area contributed by atoms with Gasteiger partial charge in [0.05, 0.1) is 5.92 Å². The van der Waals surface area contributed by atoms with Crippen molar-refractivity contribution in [2.45, 2.75) is 25.6 Å². The fraction of sp³-hybridized carbons (Fsp3) is 0.267.